The predicted octanol–water partition coefficient (Wildman–Crippen LogP) is 2.05. The minimum absolute atomic E-state index is 0.00611. The zero-order valence-corrected chi connectivity index (χ0v) is 9.70. The van der Waals surface area contributed by atoms with Crippen LogP contribution in [-0.2, 0) is 7.05 Å². The minimum Gasteiger partial charge on any atom is -0.507 e. The van der Waals surface area contributed by atoms with E-state index in [4.69, 9.17) is 0 Å². The molecule has 0 saturated heterocycles. The van der Waals surface area contributed by atoms with Crippen LogP contribution >= 0.6 is 0 Å². The summed E-state index contributed by atoms with van der Waals surface area (Å²) in [6.07, 6.45) is 1.66. The van der Waals surface area contributed by atoms with Crippen LogP contribution in [0.3, 0.4) is 0 Å². The standard InChI is InChI=1S/C13H11N3O2/c1-16-8-4-3-7-14-12(8)15-13(16)11-9(17)5-2-6-10(11)18/h2-7,17-18H,1H3. The van der Waals surface area contributed by atoms with Crippen molar-refractivity contribution in [3.05, 3.63) is 36.5 Å². The molecule has 2 N–H and O–H groups in total. The number of imidazole rings is 1. The van der Waals surface area contributed by atoms with Gasteiger partial charge in [-0.1, -0.05) is 6.07 Å². The van der Waals surface area contributed by atoms with Crippen molar-refractivity contribution in [3.63, 3.8) is 0 Å². The first-order valence-electron chi connectivity index (χ1n) is 5.47. The lowest BCUT2D eigenvalue weighted by atomic mass is 10.1. The van der Waals surface area contributed by atoms with Crippen LogP contribution in [0.1, 0.15) is 0 Å². The number of pyridine rings is 1. The van der Waals surface area contributed by atoms with Crippen LogP contribution < -0.4 is 0 Å². The van der Waals surface area contributed by atoms with Crippen molar-refractivity contribution in [1.82, 2.24) is 14.5 Å². The third-order valence-electron chi connectivity index (χ3n) is 2.90. The van der Waals surface area contributed by atoms with Crippen LogP contribution in [0.25, 0.3) is 22.6 Å². The van der Waals surface area contributed by atoms with E-state index >= 15 is 0 Å². The summed E-state index contributed by atoms with van der Waals surface area (Å²) in [7, 11) is 1.82. The Balaban J connectivity index is 2.36. The minimum atomic E-state index is -0.00611. The van der Waals surface area contributed by atoms with Gasteiger partial charge >= 0.3 is 0 Å². The van der Waals surface area contributed by atoms with Gasteiger partial charge in [0.15, 0.2) is 5.65 Å². The van der Waals surface area contributed by atoms with Crippen molar-refractivity contribution >= 4 is 11.2 Å². The van der Waals surface area contributed by atoms with Gasteiger partial charge in [0.2, 0.25) is 0 Å². The van der Waals surface area contributed by atoms with Crippen LogP contribution in [-0.4, -0.2) is 24.7 Å². The summed E-state index contributed by atoms with van der Waals surface area (Å²) in [4.78, 5) is 8.49. The largest absolute Gasteiger partial charge is 0.507 e. The fourth-order valence-corrected chi connectivity index (χ4v) is 2.01. The summed E-state index contributed by atoms with van der Waals surface area (Å²) >= 11 is 0. The highest BCUT2D eigenvalue weighted by Crippen LogP contribution is 2.36. The van der Waals surface area contributed by atoms with E-state index in [1.165, 1.54) is 12.1 Å². The second-order valence-electron chi connectivity index (χ2n) is 4.01. The molecule has 0 bridgehead atoms. The third kappa shape index (κ3) is 1.41. The van der Waals surface area contributed by atoms with Crippen molar-refractivity contribution in [2.45, 2.75) is 0 Å². The molecule has 5 nitrogen and oxygen atoms in total. The lowest BCUT2D eigenvalue weighted by Gasteiger charge is -2.06. The molecule has 2 aromatic heterocycles. The number of nitrogens with zero attached hydrogens (tertiary/aromatic N) is 3. The summed E-state index contributed by atoms with van der Waals surface area (Å²) in [5.74, 6) is 0.473. The number of phenols is 2. The van der Waals surface area contributed by atoms with Crippen molar-refractivity contribution in [3.8, 4) is 22.9 Å². The lowest BCUT2D eigenvalue weighted by Crippen LogP contribution is -1.93. The Kier molecular flexibility index (Phi) is 2.19. The van der Waals surface area contributed by atoms with Crippen LogP contribution in [0.5, 0.6) is 11.5 Å². The summed E-state index contributed by atoms with van der Waals surface area (Å²) in [5.41, 5.74) is 1.74. The summed E-state index contributed by atoms with van der Waals surface area (Å²) < 4.78 is 1.79. The van der Waals surface area contributed by atoms with Crippen LogP contribution in [0.2, 0.25) is 0 Å². The van der Waals surface area contributed by atoms with Crippen molar-refractivity contribution < 1.29 is 10.2 Å². The number of benzene rings is 1. The van der Waals surface area contributed by atoms with E-state index < -0.39 is 0 Å². The van der Waals surface area contributed by atoms with Gasteiger partial charge in [-0.3, -0.25) is 0 Å². The number of aromatic nitrogens is 3. The quantitative estimate of drug-likeness (QED) is 0.684. The molecule has 5 heteroatoms. The first kappa shape index (κ1) is 10.6. The van der Waals surface area contributed by atoms with Crippen LogP contribution in [0.15, 0.2) is 36.5 Å². The number of hydrogen-bond acceptors (Lipinski definition) is 4. The van der Waals surface area contributed by atoms with E-state index in [-0.39, 0.29) is 11.5 Å². The van der Waals surface area contributed by atoms with Gasteiger partial charge in [-0.05, 0) is 24.3 Å². The van der Waals surface area contributed by atoms with E-state index in [0.29, 0.717) is 17.0 Å². The molecule has 0 amide bonds. The zero-order chi connectivity index (χ0) is 12.7. The summed E-state index contributed by atoms with van der Waals surface area (Å²) in [6.45, 7) is 0. The first-order chi connectivity index (χ1) is 8.68. The van der Waals surface area contributed by atoms with Crippen molar-refractivity contribution in [2.24, 2.45) is 7.05 Å². The molecule has 0 atom stereocenters. The highest BCUT2D eigenvalue weighted by Gasteiger charge is 2.17. The second-order valence-corrected chi connectivity index (χ2v) is 4.01. The number of rotatable bonds is 1. The molecule has 0 aliphatic heterocycles. The van der Waals surface area contributed by atoms with Gasteiger partial charge in [-0.2, -0.15) is 0 Å². The molecule has 0 spiro atoms. The number of hydrogen-bond donors (Lipinski definition) is 2. The highest BCUT2D eigenvalue weighted by atomic mass is 16.3. The topological polar surface area (TPSA) is 71.2 Å². The molecule has 1 aromatic carbocycles. The maximum absolute atomic E-state index is 9.86. The Bertz CT molecular complexity index is 714. The van der Waals surface area contributed by atoms with E-state index in [1.54, 1.807) is 16.8 Å². The number of aryl methyl sites for hydroxylation is 1. The fraction of sp³-hybridized carbons (Fsp3) is 0.0769. The van der Waals surface area contributed by atoms with E-state index in [9.17, 15) is 10.2 Å². The normalized spacial score (nSPS) is 10.9. The SMILES string of the molecule is Cn1c(-c2c(O)cccc2O)nc2ncccc21. The highest BCUT2D eigenvalue weighted by molar-refractivity contribution is 5.81. The molecule has 18 heavy (non-hydrogen) atoms. The Hall–Kier alpha value is -2.56. The molecule has 0 fully saturated rings. The molecule has 0 aliphatic carbocycles. The smallest absolute Gasteiger partial charge is 0.178 e. The fourth-order valence-electron chi connectivity index (χ4n) is 2.01. The van der Waals surface area contributed by atoms with Gasteiger partial charge in [0.05, 0.1) is 5.52 Å². The molecule has 3 aromatic rings. The summed E-state index contributed by atoms with van der Waals surface area (Å²) in [6, 6.07) is 8.31. The molecule has 90 valence electrons. The third-order valence-corrected chi connectivity index (χ3v) is 2.90. The monoisotopic (exact) mass is 241 g/mol. The van der Waals surface area contributed by atoms with Gasteiger partial charge in [0.1, 0.15) is 22.9 Å². The lowest BCUT2D eigenvalue weighted by molar-refractivity contribution is 0.453. The Morgan fingerprint density at radius 1 is 1.06 bits per heavy atom. The van der Waals surface area contributed by atoms with Crippen molar-refractivity contribution in [1.29, 1.82) is 0 Å². The average molecular weight is 241 g/mol. The van der Waals surface area contributed by atoms with E-state index in [0.717, 1.165) is 5.52 Å². The molecular formula is C13H11N3O2. The number of fused-ring (bicyclic) bond motifs is 1. The van der Waals surface area contributed by atoms with Gasteiger partial charge in [0, 0.05) is 13.2 Å². The zero-order valence-electron chi connectivity index (χ0n) is 9.70. The maximum Gasteiger partial charge on any atom is 0.178 e. The van der Waals surface area contributed by atoms with Gasteiger partial charge in [0.25, 0.3) is 0 Å². The summed E-state index contributed by atoms with van der Waals surface area (Å²) in [5, 5.41) is 19.7. The molecule has 0 unspecified atom stereocenters. The van der Waals surface area contributed by atoms with Gasteiger partial charge in [-0.25, -0.2) is 9.97 Å². The molecule has 0 radical (unpaired) electrons. The van der Waals surface area contributed by atoms with Crippen LogP contribution in [0.4, 0.5) is 0 Å². The maximum atomic E-state index is 9.86. The second kappa shape index (κ2) is 3.73. The molecule has 0 aliphatic rings. The average Bonchev–Trinajstić information content (AvgIpc) is 2.68. The number of aromatic hydroxyl groups is 2. The number of phenolic OH excluding ortho intramolecular Hbond substituents is 2. The molecule has 2 heterocycles. The van der Waals surface area contributed by atoms with E-state index in [2.05, 4.69) is 9.97 Å². The van der Waals surface area contributed by atoms with Crippen LogP contribution in [0, 0.1) is 0 Å². The Morgan fingerprint density at radius 2 is 1.78 bits per heavy atom. The van der Waals surface area contributed by atoms with E-state index in [1.807, 2.05) is 19.2 Å². The molecular weight excluding hydrogens is 230 g/mol. The molecule has 3 rings (SSSR count). The van der Waals surface area contributed by atoms with Gasteiger partial charge in [-0.15, -0.1) is 0 Å². The van der Waals surface area contributed by atoms with Gasteiger partial charge < -0.3 is 14.8 Å². The Labute approximate surface area is 103 Å². The molecule has 0 saturated carbocycles. The first-order valence-corrected chi connectivity index (χ1v) is 5.47. The Morgan fingerprint density at radius 3 is 2.44 bits per heavy atom. The predicted molar refractivity (Wildman–Crippen MR) is 67.3 cm³/mol. The van der Waals surface area contributed by atoms with Crippen molar-refractivity contribution in [2.75, 3.05) is 0 Å².